The van der Waals surface area contributed by atoms with Crippen LogP contribution in [0, 0.1) is 5.82 Å². The molecule has 5 nitrogen and oxygen atoms in total. The number of thioether (sulfide) groups is 1. The monoisotopic (exact) mass is 301 g/mol. The van der Waals surface area contributed by atoms with Gasteiger partial charge in [0.2, 0.25) is 0 Å². The molecule has 0 fully saturated rings. The van der Waals surface area contributed by atoms with Crippen molar-refractivity contribution in [1.29, 1.82) is 0 Å². The minimum absolute atomic E-state index is 0.0266. The molecule has 1 atom stereocenters. The van der Waals surface area contributed by atoms with E-state index in [0.29, 0.717) is 12.2 Å². The number of carbonyl (C=O) groups is 2. The normalized spacial score (nSPS) is 11.8. The van der Waals surface area contributed by atoms with E-state index in [0.717, 1.165) is 6.07 Å². The first kappa shape index (κ1) is 16.3. The third-order valence-electron chi connectivity index (χ3n) is 2.63. The van der Waals surface area contributed by atoms with Crippen LogP contribution in [0.2, 0.25) is 0 Å². The fraction of sp³-hybridized carbons (Fsp3) is 0.385. The van der Waals surface area contributed by atoms with Crippen LogP contribution in [0.1, 0.15) is 16.8 Å². The highest BCUT2D eigenvalue weighted by Crippen LogP contribution is 2.17. The molecular weight excluding hydrogens is 285 g/mol. The van der Waals surface area contributed by atoms with Crippen molar-refractivity contribution in [3.05, 3.63) is 29.6 Å². The molecule has 110 valence electrons. The van der Waals surface area contributed by atoms with Gasteiger partial charge >= 0.3 is 5.97 Å². The number of carbonyl (C=O) groups excluding carboxylic acids is 1. The standard InChI is InChI=1S/C13H16FNO4S/c1-19-11-4-3-8(7-9(11)14)12(16)15-10(13(17)18)5-6-20-2/h3-4,7,10H,5-6H2,1-2H3,(H,15,16)(H,17,18)/t10-/m1/s1. The van der Waals surface area contributed by atoms with Crippen LogP contribution in [0.25, 0.3) is 0 Å². The Bertz CT molecular complexity index is 495. The summed E-state index contributed by atoms with van der Waals surface area (Å²) in [6.45, 7) is 0. The smallest absolute Gasteiger partial charge is 0.326 e. The number of benzene rings is 1. The molecule has 0 aromatic heterocycles. The van der Waals surface area contributed by atoms with Gasteiger partial charge in [0.1, 0.15) is 6.04 Å². The Hall–Kier alpha value is -1.76. The number of rotatable bonds is 7. The summed E-state index contributed by atoms with van der Waals surface area (Å²) in [6.07, 6.45) is 2.15. The Morgan fingerprint density at radius 3 is 2.70 bits per heavy atom. The SMILES string of the molecule is COc1ccc(C(=O)N[C@H](CCSC)C(=O)O)cc1F. The van der Waals surface area contributed by atoms with Crippen LogP contribution >= 0.6 is 11.8 Å². The molecule has 0 aliphatic heterocycles. The predicted molar refractivity (Wildman–Crippen MR) is 74.8 cm³/mol. The quantitative estimate of drug-likeness (QED) is 0.803. The first-order chi connectivity index (χ1) is 9.49. The molecule has 1 aromatic carbocycles. The summed E-state index contributed by atoms with van der Waals surface area (Å²) in [5.41, 5.74) is 0.0544. The van der Waals surface area contributed by atoms with Crippen molar-refractivity contribution < 1.29 is 23.8 Å². The molecule has 1 rings (SSSR count). The van der Waals surface area contributed by atoms with E-state index in [1.165, 1.54) is 31.0 Å². The molecule has 0 aliphatic carbocycles. The highest BCUT2D eigenvalue weighted by molar-refractivity contribution is 7.98. The summed E-state index contributed by atoms with van der Waals surface area (Å²) in [5, 5.41) is 11.4. The van der Waals surface area contributed by atoms with E-state index in [-0.39, 0.29) is 11.3 Å². The highest BCUT2D eigenvalue weighted by atomic mass is 32.2. The van der Waals surface area contributed by atoms with Crippen LogP contribution in [0.15, 0.2) is 18.2 Å². The van der Waals surface area contributed by atoms with Gasteiger partial charge in [-0.2, -0.15) is 11.8 Å². The van der Waals surface area contributed by atoms with Gasteiger partial charge < -0.3 is 15.2 Å². The molecule has 0 saturated heterocycles. The van der Waals surface area contributed by atoms with Gasteiger partial charge in [0.05, 0.1) is 7.11 Å². The van der Waals surface area contributed by atoms with Gasteiger partial charge in [-0.15, -0.1) is 0 Å². The summed E-state index contributed by atoms with van der Waals surface area (Å²) >= 11 is 1.49. The zero-order valence-electron chi connectivity index (χ0n) is 11.2. The summed E-state index contributed by atoms with van der Waals surface area (Å²) in [4.78, 5) is 22.9. The Morgan fingerprint density at radius 2 is 2.20 bits per heavy atom. The number of aliphatic carboxylic acids is 1. The fourth-order valence-corrected chi connectivity index (χ4v) is 2.01. The van der Waals surface area contributed by atoms with E-state index in [2.05, 4.69) is 5.32 Å². The zero-order valence-corrected chi connectivity index (χ0v) is 12.0. The predicted octanol–water partition coefficient (Wildman–Crippen LogP) is 1.77. The summed E-state index contributed by atoms with van der Waals surface area (Å²) in [6, 6.07) is 2.73. The lowest BCUT2D eigenvalue weighted by molar-refractivity contribution is -0.139. The Kier molecular flexibility index (Phi) is 6.30. The van der Waals surface area contributed by atoms with Crippen LogP contribution in [0.4, 0.5) is 4.39 Å². The Balaban J connectivity index is 2.78. The second-order valence-corrected chi connectivity index (χ2v) is 4.98. The van der Waals surface area contributed by atoms with Gasteiger partial charge in [-0.1, -0.05) is 0 Å². The largest absolute Gasteiger partial charge is 0.494 e. The number of ether oxygens (including phenoxy) is 1. The maximum absolute atomic E-state index is 13.5. The molecule has 7 heteroatoms. The third kappa shape index (κ3) is 4.41. The van der Waals surface area contributed by atoms with Crippen molar-refractivity contribution in [3.8, 4) is 5.75 Å². The minimum atomic E-state index is -1.11. The van der Waals surface area contributed by atoms with E-state index >= 15 is 0 Å². The maximum Gasteiger partial charge on any atom is 0.326 e. The number of amides is 1. The van der Waals surface area contributed by atoms with Crippen molar-refractivity contribution in [2.24, 2.45) is 0 Å². The molecule has 2 N–H and O–H groups in total. The number of carboxylic acids is 1. The van der Waals surface area contributed by atoms with Crippen LogP contribution in [0.3, 0.4) is 0 Å². The van der Waals surface area contributed by atoms with Gasteiger partial charge in [0.25, 0.3) is 5.91 Å². The molecule has 0 heterocycles. The molecule has 0 bridgehead atoms. The summed E-state index contributed by atoms with van der Waals surface area (Å²) in [7, 11) is 1.32. The number of halogens is 1. The third-order valence-corrected chi connectivity index (χ3v) is 3.27. The number of methoxy groups -OCH3 is 1. The zero-order chi connectivity index (χ0) is 15.1. The number of nitrogens with one attached hydrogen (secondary N) is 1. The summed E-state index contributed by atoms with van der Waals surface area (Å²) < 4.78 is 18.2. The van der Waals surface area contributed by atoms with Gasteiger partial charge in [-0.3, -0.25) is 4.79 Å². The van der Waals surface area contributed by atoms with Gasteiger partial charge in [-0.25, -0.2) is 9.18 Å². The first-order valence-corrected chi connectivity index (χ1v) is 7.25. The topological polar surface area (TPSA) is 75.6 Å². The van der Waals surface area contributed by atoms with Gasteiger partial charge in [0.15, 0.2) is 11.6 Å². The van der Waals surface area contributed by atoms with Crippen molar-refractivity contribution in [3.63, 3.8) is 0 Å². The molecule has 20 heavy (non-hydrogen) atoms. The van der Waals surface area contributed by atoms with Crippen molar-refractivity contribution in [2.75, 3.05) is 19.1 Å². The minimum Gasteiger partial charge on any atom is -0.494 e. The maximum atomic E-state index is 13.5. The molecule has 0 unspecified atom stereocenters. The van der Waals surface area contributed by atoms with Gasteiger partial charge in [0, 0.05) is 5.56 Å². The molecule has 1 aromatic rings. The molecule has 0 aliphatic rings. The highest BCUT2D eigenvalue weighted by Gasteiger charge is 2.20. The Morgan fingerprint density at radius 1 is 1.50 bits per heavy atom. The molecular formula is C13H16FNO4S. The Labute approximate surface area is 120 Å². The van der Waals surface area contributed by atoms with E-state index in [4.69, 9.17) is 9.84 Å². The number of carboxylic acid groups (broad SMARTS) is 1. The number of hydrogen-bond donors (Lipinski definition) is 2. The second kappa shape index (κ2) is 7.74. The van der Waals surface area contributed by atoms with E-state index in [1.54, 1.807) is 0 Å². The van der Waals surface area contributed by atoms with E-state index in [9.17, 15) is 14.0 Å². The van der Waals surface area contributed by atoms with Crippen molar-refractivity contribution in [1.82, 2.24) is 5.32 Å². The lowest BCUT2D eigenvalue weighted by Gasteiger charge is -2.14. The number of hydrogen-bond acceptors (Lipinski definition) is 4. The molecule has 0 spiro atoms. The van der Waals surface area contributed by atoms with Crippen LogP contribution in [-0.2, 0) is 4.79 Å². The van der Waals surface area contributed by atoms with Crippen LogP contribution < -0.4 is 10.1 Å². The second-order valence-electron chi connectivity index (χ2n) is 4.00. The van der Waals surface area contributed by atoms with Crippen molar-refractivity contribution in [2.45, 2.75) is 12.5 Å². The van der Waals surface area contributed by atoms with E-state index < -0.39 is 23.7 Å². The molecule has 0 saturated carbocycles. The average Bonchev–Trinajstić information content (AvgIpc) is 2.42. The fourth-order valence-electron chi connectivity index (χ4n) is 1.54. The van der Waals surface area contributed by atoms with Crippen LogP contribution in [-0.4, -0.2) is 42.1 Å². The van der Waals surface area contributed by atoms with Crippen molar-refractivity contribution >= 4 is 23.6 Å². The van der Waals surface area contributed by atoms with E-state index in [1.807, 2.05) is 6.26 Å². The van der Waals surface area contributed by atoms with Gasteiger partial charge in [-0.05, 0) is 36.6 Å². The lowest BCUT2D eigenvalue weighted by Crippen LogP contribution is -2.41. The summed E-state index contributed by atoms with van der Waals surface area (Å²) in [5.74, 6) is -1.77. The average molecular weight is 301 g/mol. The molecule has 0 radical (unpaired) electrons. The van der Waals surface area contributed by atoms with Crippen LogP contribution in [0.5, 0.6) is 5.75 Å². The molecule has 1 amide bonds. The lowest BCUT2D eigenvalue weighted by atomic mass is 10.1. The first-order valence-electron chi connectivity index (χ1n) is 5.85.